The molecule has 5 heteroatoms. The Morgan fingerprint density at radius 2 is 2.00 bits per heavy atom. The van der Waals surface area contributed by atoms with Crippen molar-refractivity contribution < 1.29 is 0 Å². The largest absolute Gasteiger partial charge is 0.368 e. The highest BCUT2D eigenvalue weighted by Gasteiger charge is 2.22. The molecule has 4 nitrogen and oxygen atoms in total. The summed E-state index contributed by atoms with van der Waals surface area (Å²) < 4.78 is 0.892. The van der Waals surface area contributed by atoms with Crippen LogP contribution in [0.4, 0.5) is 11.8 Å². The van der Waals surface area contributed by atoms with Gasteiger partial charge in [0.05, 0.1) is 4.47 Å². The molecule has 1 rings (SSSR count). The van der Waals surface area contributed by atoms with Gasteiger partial charge in [-0.3, -0.25) is 0 Å². The van der Waals surface area contributed by atoms with Crippen LogP contribution in [0.25, 0.3) is 0 Å². The molecule has 0 aliphatic heterocycles. The van der Waals surface area contributed by atoms with E-state index in [1.54, 1.807) is 6.20 Å². The molecule has 0 radical (unpaired) electrons. The van der Waals surface area contributed by atoms with E-state index in [2.05, 4.69) is 64.2 Å². The fourth-order valence-corrected chi connectivity index (χ4v) is 1.58. The highest BCUT2D eigenvalue weighted by Crippen LogP contribution is 2.28. The minimum Gasteiger partial charge on any atom is -0.368 e. The molecule has 0 aromatic carbocycles. The van der Waals surface area contributed by atoms with Crippen LogP contribution in [0.1, 0.15) is 34.6 Å². The van der Waals surface area contributed by atoms with E-state index in [0.717, 1.165) is 23.4 Å². The van der Waals surface area contributed by atoms with Crippen LogP contribution in [-0.4, -0.2) is 23.1 Å². The number of hydrogen-bond donors (Lipinski definition) is 2. The van der Waals surface area contributed by atoms with Gasteiger partial charge in [-0.25, -0.2) is 4.98 Å². The zero-order chi connectivity index (χ0) is 13.8. The first kappa shape index (κ1) is 15.2. The van der Waals surface area contributed by atoms with E-state index in [1.807, 2.05) is 6.92 Å². The van der Waals surface area contributed by atoms with Crippen LogP contribution < -0.4 is 10.6 Å². The molecule has 1 aromatic rings. The lowest BCUT2D eigenvalue weighted by atomic mass is 9.81. The molecule has 0 aliphatic carbocycles. The molecule has 0 spiro atoms. The quantitative estimate of drug-likeness (QED) is 0.839. The Morgan fingerprint density at radius 3 is 2.56 bits per heavy atom. The third-order valence-electron chi connectivity index (χ3n) is 3.35. The molecule has 2 N–H and O–H groups in total. The van der Waals surface area contributed by atoms with Crippen LogP contribution in [0, 0.1) is 11.3 Å². The lowest BCUT2D eigenvalue weighted by molar-refractivity contribution is 0.269. The topological polar surface area (TPSA) is 49.8 Å². The van der Waals surface area contributed by atoms with Crippen molar-refractivity contribution in [1.82, 2.24) is 9.97 Å². The van der Waals surface area contributed by atoms with Crippen LogP contribution in [0.2, 0.25) is 0 Å². The van der Waals surface area contributed by atoms with Crippen molar-refractivity contribution in [2.75, 3.05) is 23.7 Å². The van der Waals surface area contributed by atoms with Crippen molar-refractivity contribution >= 4 is 27.7 Å². The third-order valence-corrected chi connectivity index (χ3v) is 3.93. The van der Waals surface area contributed by atoms with Crippen molar-refractivity contribution in [2.24, 2.45) is 11.3 Å². The van der Waals surface area contributed by atoms with Crippen LogP contribution in [0.3, 0.4) is 0 Å². The van der Waals surface area contributed by atoms with Crippen molar-refractivity contribution in [3.8, 4) is 0 Å². The predicted octanol–water partition coefficient (Wildman–Crippen LogP) is 3.77. The average molecular weight is 315 g/mol. The number of anilines is 2. The van der Waals surface area contributed by atoms with Crippen molar-refractivity contribution in [3.05, 3.63) is 10.7 Å². The Labute approximate surface area is 118 Å². The Kier molecular flexibility index (Phi) is 5.38. The second-order valence-electron chi connectivity index (χ2n) is 5.42. The van der Waals surface area contributed by atoms with Gasteiger partial charge in [-0.2, -0.15) is 4.98 Å². The summed E-state index contributed by atoms with van der Waals surface area (Å²) in [6, 6.07) is 0. The SMILES string of the molecule is CCNc1ncc(Br)c(NCC(C)(C)C(C)C)n1. The number of nitrogens with one attached hydrogen (secondary N) is 2. The predicted molar refractivity (Wildman–Crippen MR) is 81.0 cm³/mol. The van der Waals surface area contributed by atoms with E-state index in [-0.39, 0.29) is 5.41 Å². The number of nitrogens with zero attached hydrogens (tertiary/aromatic N) is 2. The number of hydrogen-bond acceptors (Lipinski definition) is 4. The molecule has 0 saturated heterocycles. The maximum Gasteiger partial charge on any atom is 0.224 e. The molecule has 0 unspecified atom stereocenters. The Bertz CT molecular complexity index is 391. The van der Waals surface area contributed by atoms with E-state index in [1.165, 1.54) is 0 Å². The summed E-state index contributed by atoms with van der Waals surface area (Å²) in [6.45, 7) is 12.7. The van der Waals surface area contributed by atoms with Crippen molar-refractivity contribution in [2.45, 2.75) is 34.6 Å². The van der Waals surface area contributed by atoms with Gasteiger partial charge in [0, 0.05) is 19.3 Å². The highest BCUT2D eigenvalue weighted by atomic mass is 79.9. The molecule has 0 atom stereocenters. The monoisotopic (exact) mass is 314 g/mol. The molecule has 18 heavy (non-hydrogen) atoms. The first-order valence-corrected chi connectivity index (χ1v) is 7.16. The van der Waals surface area contributed by atoms with Crippen molar-refractivity contribution in [1.29, 1.82) is 0 Å². The number of aromatic nitrogens is 2. The summed E-state index contributed by atoms with van der Waals surface area (Å²) in [6.07, 6.45) is 1.77. The van der Waals surface area contributed by atoms with E-state index in [4.69, 9.17) is 0 Å². The first-order chi connectivity index (χ1) is 8.36. The standard InChI is InChI=1S/C13H23BrN4/c1-6-15-12-16-7-10(14)11(18-12)17-8-13(4,5)9(2)3/h7,9H,6,8H2,1-5H3,(H2,15,16,17,18). The van der Waals surface area contributed by atoms with Gasteiger partial charge < -0.3 is 10.6 Å². The molecule has 102 valence electrons. The molecule has 0 saturated carbocycles. The molecule has 1 aromatic heterocycles. The third kappa shape index (κ3) is 4.12. The van der Waals surface area contributed by atoms with E-state index < -0.39 is 0 Å². The van der Waals surface area contributed by atoms with Gasteiger partial charge in [0.15, 0.2) is 0 Å². The van der Waals surface area contributed by atoms with Gasteiger partial charge in [-0.15, -0.1) is 0 Å². The minimum absolute atomic E-state index is 0.225. The molecule has 1 heterocycles. The second kappa shape index (κ2) is 6.36. The number of halogens is 1. The van der Waals surface area contributed by atoms with Gasteiger partial charge in [0.1, 0.15) is 5.82 Å². The maximum absolute atomic E-state index is 4.44. The molecule has 0 aliphatic rings. The molecule has 0 amide bonds. The summed E-state index contributed by atoms with van der Waals surface area (Å²) in [5.74, 6) is 2.11. The summed E-state index contributed by atoms with van der Waals surface area (Å²) in [7, 11) is 0. The van der Waals surface area contributed by atoms with Gasteiger partial charge >= 0.3 is 0 Å². The Morgan fingerprint density at radius 1 is 1.33 bits per heavy atom. The summed E-state index contributed by atoms with van der Waals surface area (Å²) in [5, 5.41) is 6.51. The number of rotatable bonds is 6. The molecule has 0 bridgehead atoms. The zero-order valence-electron chi connectivity index (χ0n) is 11.8. The Balaban J connectivity index is 2.75. The summed E-state index contributed by atoms with van der Waals surface area (Å²) >= 11 is 3.47. The minimum atomic E-state index is 0.225. The van der Waals surface area contributed by atoms with Gasteiger partial charge in [-0.05, 0) is 34.2 Å². The van der Waals surface area contributed by atoms with Gasteiger partial charge in [0.2, 0.25) is 5.95 Å². The van der Waals surface area contributed by atoms with Crippen LogP contribution >= 0.6 is 15.9 Å². The molecular formula is C13H23BrN4. The average Bonchev–Trinajstić information content (AvgIpc) is 2.30. The van der Waals surface area contributed by atoms with E-state index >= 15 is 0 Å². The zero-order valence-corrected chi connectivity index (χ0v) is 13.4. The Hall–Kier alpha value is -0.840. The van der Waals surface area contributed by atoms with Crippen LogP contribution in [-0.2, 0) is 0 Å². The molecule has 0 fully saturated rings. The van der Waals surface area contributed by atoms with E-state index in [0.29, 0.717) is 11.9 Å². The maximum atomic E-state index is 4.44. The lowest BCUT2D eigenvalue weighted by Gasteiger charge is -2.29. The lowest BCUT2D eigenvalue weighted by Crippen LogP contribution is -2.29. The molecular weight excluding hydrogens is 292 g/mol. The van der Waals surface area contributed by atoms with Crippen LogP contribution in [0.15, 0.2) is 10.7 Å². The van der Waals surface area contributed by atoms with E-state index in [9.17, 15) is 0 Å². The smallest absolute Gasteiger partial charge is 0.224 e. The first-order valence-electron chi connectivity index (χ1n) is 6.37. The van der Waals surface area contributed by atoms with Gasteiger partial charge in [-0.1, -0.05) is 27.7 Å². The fraction of sp³-hybridized carbons (Fsp3) is 0.692. The highest BCUT2D eigenvalue weighted by molar-refractivity contribution is 9.10. The summed E-state index contributed by atoms with van der Waals surface area (Å²) in [4.78, 5) is 8.64. The normalized spacial score (nSPS) is 11.7. The van der Waals surface area contributed by atoms with Crippen molar-refractivity contribution in [3.63, 3.8) is 0 Å². The second-order valence-corrected chi connectivity index (χ2v) is 6.27. The van der Waals surface area contributed by atoms with Gasteiger partial charge in [0.25, 0.3) is 0 Å². The summed E-state index contributed by atoms with van der Waals surface area (Å²) in [5.41, 5.74) is 0.225. The fourth-order valence-electron chi connectivity index (χ4n) is 1.25. The van der Waals surface area contributed by atoms with Crippen LogP contribution in [0.5, 0.6) is 0 Å².